The molecule has 5 heteroatoms. The van der Waals surface area contributed by atoms with Crippen molar-refractivity contribution in [1.29, 1.82) is 0 Å². The smallest absolute Gasteiger partial charge is 0.0830 e. The van der Waals surface area contributed by atoms with E-state index in [-0.39, 0.29) is 11.6 Å². The van der Waals surface area contributed by atoms with Crippen LogP contribution in [0.25, 0.3) is 0 Å². The van der Waals surface area contributed by atoms with E-state index < -0.39 is 0 Å². The van der Waals surface area contributed by atoms with Crippen LogP contribution >= 0.6 is 0 Å². The van der Waals surface area contributed by atoms with Crippen LogP contribution < -0.4 is 11.3 Å². The van der Waals surface area contributed by atoms with Gasteiger partial charge >= 0.3 is 0 Å². The van der Waals surface area contributed by atoms with Gasteiger partial charge in [0, 0.05) is 17.9 Å². The molecule has 5 nitrogen and oxygen atoms in total. The van der Waals surface area contributed by atoms with E-state index in [1.807, 2.05) is 6.20 Å². The Morgan fingerprint density at radius 3 is 2.79 bits per heavy atom. The van der Waals surface area contributed by atoms with Crippen LogP contribution in [0.4, 0.5) is 0 Å². The van der Waals surface area contributed by atoms with Gasteiger partial charge in [-0.1, -0.05) is 19.8 Å². The van der Waals surface area contributed by atoms with Gasteiger partial charge in [-0.3, -0.25) is 15.8 Å². The molecular weight excluding hydrogens is 238 g/mol. The summed E-state index contributed by atoms with van der Waals surface area (Å²) < 4.78 is 0. The molecule has 1 aliphatic rings. The highest BCUT2D eigenvalue weighted by Gasteiger charge is 2.44. The van der Waals surface area contributed by atoms with Gasteiger partial charge in [0.15, 0.2) is 0 Å². The lowest BCUT2D eigenvalue weighted by atomic mass is 9.70. The first-order valence-electron chi connectivity index (χ1n) is 6.99. The number of rotatable bonds is 4. The van der Waals surface area contributed by atoms with E-state index in [1.165, 1.54) is 12.8 Å². The Bertz CT molecular complexity index is 394. The predicted octanol–water partition coefficient (Wildman–Crippen LogP) is 1.49. The monoisotopic (exact) mass is 263 g/mol. The fraction of sp³-hybridized carbons (Fsp3) is 0.714. The average molecular weight is 263 g/mol. The molecular formula is C14H25N5. The molecule has 0 radical (unpaired) electrons. The summed E-state index contributed by atoms with van der Waals surface area (Å²) in [6.45, 7) is 2.32. The molecule has 1 aromatic heterocycles. The van der Waals surface area contributed by atoms with Crippen LogP contribution in [0, 0.1) is 5.92 Å². The van der Waals surface area contributed by atoms with Crippen molar-refractivity contribution < 1.29 is 0 Å². The number of hydrogen-bond donors (Lipinski definition) is 2. The molecule has 0 spiro atoms. The lowest BCUT2D eigenvalue weighted by molar-refractivity contribution is 0.0351. The number of likely N-dealkylation sites (N-methyl/N-ethyl adjacent to an activating group) is 1. The zero-order valence-electron chi connectivity index (χ0n) is 12.1. The minimum Gasteiger partial charge on any atom is -0.302 e. The maximum Gasteiger partial charge on any atom is 0.0830 e. The Labute approximate surface area is 115 Å². The molecule has 3 N–H and O–H groups in total. The highest BCUT2D eigenvalue weighted by atomic mass is 15.3. The molecule has 0 amide bonds. The zero-order valence-corrected chi connectivity index (χ0v) is 12.1. The molecule has 0 aliphatic heterocycles. The summed E-state index contributed by atoms with van der Waals surface area (Å²) in [5.41, 5.74) is 3.93. The first kappa shape index (κ1) is 14.4. The molecule has 3 unspecified atom stereocenters. The molecule has 19 heavy (non-hydrogen) atoms. The van der Waals surface area contributed by atoms with Gasteiger partial charge in [0.1, 0.15) is 0 Å². The van der Waals surface area contributed by atoms with Crippen molar-refractivity contribution in [2.75, 3.05) is 14.1 Å². The summed E-state index contributed by atoms with van der Waals surface area (Å²) in [6.07, 6.45) is 10.0. The molecule has 3 atom stereocenters. The number of aromatic nitrogens is 2. The summed E-state index contributed by atoms with van der Waals surface area (Å²) in [5.74, 6) is 6.57. The van der Waals surface area contributed by atoms with Crippen LogP contribution in [0.2, 0.25) is 0 Å². The normalized spacial score (nSPS) is 29.4. The molecule has 106 valence electrons. The van der Waals surface area contributed by atoms with Gasteiger partial charge in [0.25, 0.3) is 0 Å². The van der Waals surface area contributed by atoms with E-state index in [0.717, 1.165) is 18.5 Å². The van der Waals surface area contributed by atoms with Gasteiger partial charge in [-0.25, -0.2) is 5.43 Å². The minimum absolute atomic E-state index is 0.0129. The molecule has 1 heterocycles. The number of hydrogen-bond acceptors (Lipinski definition) is 5. The van der Waals surface area contributed by atoms with Crippen LogP contribution in [0.1, 0.15) is 44.3 Å². The maximum atomic E-state index is 5.86. The summed E-state index contributed by atoms with van der Waals surface area (Å²) in [6, 6.07) is 0.0129. The second-order valence-electron chi connectivity index (χ2n) is 5.93. The van der Waals surface area contributed by atoms with Crippen LogP contribution in [-0.4, -0.2) is 34.5 Å². The quantitative estimate of drug-likeness (QED) is 0.636. The summed E-state index contributed by atoms with van der Waals surface area (Å²) >= 11 is 0. The van der Waals surface area contributed by atoms with Gasteiger partial charge in [0.2, 0.25) is 0 Å². The molecule has 1 aromatic rings. The maximum absolute atomic E-state index is 5.86. The largest absolute Gasteiger partial charge is 0.302 e. The van der Waals surface area contributed by atoms with Gasteiger partial charge < -0.3 is 4.90 Å². The van der Waals surface area contributed by atoms with E-state index in [1.54, 1.807) is 12.4 Å². The third-order valence-electron chi connectivity index (χ3n) is 4.48. The van der Waals surface area contributed by atoms with E-state index in [0.29, 0.717) is 5.92 Å². The Morgan fingerprint density at radius 2 is 2.26 bits per heavy atom. The zero-order chi connectivity index (χ0) is 13.9. The van der Waals surface area contributed by atoms with Crippen LogP contribution in [0.5, 0.6) is 0 Å². The lowest BCUT2D eigenvalue weighted by Gasteiger charge is -2.49. The number of nitrogens with two attached hydrogens (primary N) is 1. The minimum atomic E-state index is 0.0129. The van der Waals surface area contributed by atoms with Crippen molar-refractivity contribution in [2.45, 2.75) is 44.2 Å². The molecule has 0 bridgehead atoms. The van der Waals surface area contributed by atoms with Crippen molar-refractivity contribution in [3.8, 4) is 0 Å². The Kier molecular flexibility index (Phi) is 4.50. The van der Waals surface area contributed by atoms with Crippen LogP contribution in [-0.2, 0) is 0 Å². The van der Waals surface area contributed by atoms with Crippen molar-refractivity contribution in [3.05, 3.63) is 24.3 Å². The van der Waals surface area contributed by atoms with Crippen LogP contribution in [0.15, 0.2) is 18.6 Å². The number of hydrazine groups is 1. The van der Waals surface area contributed by atoms with Crippen LogP contribution in [0.3, 0.4) is 0 Å². The fourth-order valence-corrected chi connectivity index (χ4v) is 3.47. The highest BCUT2D eigenvalue weighted by Crippen LogP contribution is 2.43. The molecule has 1 fully saturated rings. The molecule has 1 aliphatic carbocycles. The highest BCUT2D eigenvalue weighted by molar-refractivity contribution is 5.13. The second-order valence-corrected chi connectivity index (χ2v) is 5.93. The Balaban J connectivity index is 2.36. The van der Waals surface area contributed by atoms with E-state index >= 15 is 0 Å². The first-order chi connectivity index (χ1) is 9.10. The standard InChI is InChI=1S/C14H25N5/c1-11-5-4-6-14(9-11,19(2)3)13(18-15)12-10-16-7-8-17-12/h7-8,10-11,13,18H,4-6,9,15H2,1-3H3. The topological polar surface area (TPSA) is 67.1 Å². The van der Waals surface area contributed by atoms with Crippen molar-refractivity contribution in [2.24, 2.45) is 11.8 Å². The second kappa shape index (κ2) is 5.94. The SMILES string of the molecule is CC1CCCC(C(NN)c2cnccn2)(N(C)C)C1. The summed E-state index contributed by atoms with van der Waals surface area (Å²) in [7, 11) is 4.28. The van der Waals surface area contributed by atoms with E-state index in [4.69, 9.17) is 5.84 Å². The van der Waals surface area contributed by atoms with Crippen molar-refractivity contribution >= 4 is 0 Å². The van der Waals surface area contributed by atoms with Crippen molar-refractivity contribution in [3.63, 3.8) is 0 Å². The third-order valence-corrected chi connectivity index (χ3v) is 4.48. The van der Waals surface area contributed by atoms with E-state index in [9.17, 15) is 0 Å². The average Bonchev–Trinajstić information content (AvgIpc) is 2.40. The number of nitrogens with one attached hydrogen (secondary N) is 1. The molecule has 1 saturated carbocycles. The number of nitrogens with zero attached hydrogens (tertiary/aromatic N) is 3. The van der Waals surface area contributed by atoms with Gasteiger partial charge in [-0.2, -0.15) is 0 Å². The molecule has 0 saturated heterocycles. The summed E-state index contributed by atoms with van der Waals surface area (Å²) in [5, 5.41) is 0. The third kappa shape index (κ3) is 2.78. The first-order valence-corrected chi connectivity index (χ1v) is 6.99. The summed E-state index contributed by atoms with van der Waals surface area (Å²) in [4.78, 5) is 10.9. The van der Waals surface area contributed by atoms with Crippen molar-refractivity contribution in [1.82, 2.24) is 20.3 Å². The molecule has 2 rings (SSSR count). The van der Waals surface area contributed by atoms with Gasteiger partial charge in [0.05, 0.1) is 17.9 Å². The fourth-order valence-electron chi connectivity index (χ4n) is 3.47. The Hall–Kier alpha value is -1.04. The lowest BCUT2D eigenvalue weighted by Crippen LogP contribution is -2.57. The van der Waals surface area contributed by atoms with Gasteiger partial charge in [-0.15, -0.1) is 0 Å². The Morgan fingerprint density at radius 1 is 1.47 bits per heavy atom. The van der Waals surface area contributed by atoms with E-state index in [2.05, 4.69) is 41.3 Å². The molecule has 0 aromatic carbocycles. The predicted molar refractivity (Wildman–Crippen MR) is 76.1 cm³/mol. The van der Waals surface area contributed by atoms with Gasteiger partial charge in [-0.05, 0) is 32.9 Å².